The Morgan fingerprint density at radius 3 is 2.88 bits per heavy atom. The fourth-order valence-electron chi connectivity index (χ4n) is 2.49. The molecule has 1 atom stereocenters. The van der Waals surface area contributed by atoms with Crippen molar-refractivity contribution in [3.05, 3.63) is 17.0 Å². The van der Waals surface area contributed by atoms with Crippen LogP contribution in [0, 0.1) is 6.92 Å². The van der Waals surface area contributed by atoms with E-state index in [9.17, 15) is 0 Å². The van der Waals surface area contributed by atoms with Crippen molar-refractivity contribution in [3.8, 4) is 0 Å². The molecule has 1 saturated heterocycles. The second-order valence-corrected chi connectivity index (χ2v) is 5.36. The van der Waals surface area contributed by atoms with Crippen molar-refractivity contribution >= 4 is 17.4 Å². The van der Waals surface area contributed by atoms with E-state index in [1.54, 1.807) is 0 Å². The number of nitrogens with one attached hydrogen (secondary N) is 1. The molecular formula is C12H17ClN4. The second-order valence-electron chi connectivity index (χ2n) is 5.02. The summed E-state index contributed by atoms with van der Waals surface area (Å²) in [5.41, 5.74) is 0.907. The SMILES string of the molecule is Cc1cc(NC2CCN(C3CC3)C2)nc(Cl)n1. The summed E-state index contributed by atoms with van der Waals surface area (Å²) in [6, 6.07) is 3.31. The third-order valence-corrected chi connectivity index (χ3v) is 3.63. The minimum atomic E-state index is 0.324. The van der Waals surface area contributed by atoms with E-state index in [1.807, 2.05) is 13.0 Å². The summed E-state index contributed by atoms with van der Waals surface area (Å²) in [4.78, 5) is 10.9. The molecule has 0 amide bonds. The maximum absolute atomic E-state index is 5.85. The molecule has 2 fully saturated rings. The molecule has 1 aromatic rings. The highest BCUT2D eigenvalue weighted by Crippen LogP contribution is 2.30. The van der Waals surface area contributed by atoms with Gasteiger partial charge in [0.25, 0.3) is 0 Å². The van der Waals surface area contributed by atoms with E-state index in [0.29, 0.717) is 11.3 Å². The fraction of sp³-hybridized carbons (Fsp3) is 0.667. The molecule has 1 saturated carbocycles. The Balaban J connectivity index is 1.62. The predicted molar refractivity (Wildman–Crippen MR) is 68.4 cm³/mol. The van der Waals surface area contributed by atoms with Crippen molar-refractivity contribution in [3.63, 3.8) is 0 Å². The zero-order valence-electron chi connectivity index (χ0n) is 9.99. The summed E-state index contributed by atoms with van der Waals surface area (Å²) in [5, 5.41) is 3.78. The maximum Gasteiger partial charge on any atom is 0.224 e. The van der Waals surface area contributed by atoms with Gasteiger partial charge in [-0.1, -0.05) is 0 Å². The molecule has 1 aliphatic carbocycles. The molecule has 1 N–H and O–H groups in total. The number of likely N-dealkylation sites (tertiary alicyclic amines) is 1. The molecule has 2 heterocycles. The first-order chi connectivity index (χ1) is 8.20. The van der Waals surface area contributed by atoms with Crippen LogP contribution >= 0.6 is 11.6 Å². The Hall–Kier alpha value is -0.870. The smallest absolute Gasteiger partial charge is 0.224 e. The molecule has 3 rings (SSSR count). The number of aryl methyl sites for hydroxylation is 1. The van der Waals surface area contributed by atoms with Crippen molar-refractivity contribution in [1.82, 2.24) is 14.9 Å². The van der Waals surface area contributed by atoms with Gasteiger partial charge < -0.3 is 5.32 Å². The van der Waals surface area contributed by atoms with Crippen LogP contribution in [-0.2, 0) is 0 Å². The molecule has 1 unspecified atom stereocenters. The normalized spacial score (nSPS) is 25.2. The average Bonchev–Trinajstić information content (AvgIpc) is 2.99. The lowest BCUT2D eigenvalue weighted by atomic mass is 10.2. The average molecular weight is 253 g/mol. The lowest BCUT2D eigenvalue weighted by molar-refractivity contribution is 0.326. The van der Waals surface area contributed by atoms with Gasteiger partial charge >= 0.3 is 0 Å². The summed E-state index contributed by atoms with van der Waals surface area (Å²) < 4.78 is 0. The number of aromatic nitrogens is 2. The maximum atomic E-state index is 5.85. The molecule has 1 aromatic heterocycles. The summed E-state index contributed by atoms with van der Waals surface area (Å²) in [5.74, 6) is 0.852. The zero-order chi connectivity index (χ0) is 11.8. The lowest BCUT2D eigenvalue weighted by Gasteiger charge is -2.16. The van der Waals surface area contributed by atoms with E-state index < -0.39 is 0 Å². The Labute approximate surface area is 106 Å². The largest absolute Gasteiger partial charge is 0.366 e. The number of rotatable bonds is 3. The fourth-order valence-corrected chi connectivity index (χ4v) is 2.72. The summed E-state index contributed by atoms with van der Waals surface area (Å²) in [6.45, 7) is 4.27. The Kier molecular flexibility index (Phi) is 2.92. The molecular weight excluding hydrogens is 236 g/mol. The third kappa shape index (κ3) is 2.69. The topological polar surface area (TPSA) is 41.0 Å². The van der Waals surface area contributed by atoms with Gasteiger partial charge in [-0.2, -0.15) is 0 Å². The van der Waals surface area contributed by atoms with Gasteiger partial charge in [0.05, 0.1) is 0 Å². The van der Waals surface area contributed by atoms with Crippen LogP contribution < -0.4 is 5.32 Å². The molecule has 17 heavy (non-hydrogen) atoms. The first kappa shape index (κ1) is 11.2. The van der Waals surface area contributed by atoms with Gasteiger partial charge in [-0.15, -0.1) is 0 Å². The van der Waals surface area contributed by atoms with Crippen molar-refractivity contribution in [2.24, 2.45) is 0 Å². The first-order valence-electron chi connectivity index (χ1n) is 6.22. The Morgan fingerprint density at radius 2 is 2.18 bits per heavy atom. The zero-order valence-corrected chi connectivity index (χ0v) is 10.7. The van der Waals surface area contributed by atoms with E-state index >= 15 is 0 Å². The molecule has 1 aliphatic heterocycles. The minimum absolute atomic E-state index is 0.324. The van der Waals surface area contributed by atoms with Crippen LogP contribution in [0.25, 0.3) is 0 Å². The summed E-state index contributed by atoms with van der Waals surface area (Å²) >= 11 is 5.85. The van der Waals surface area contributed by atoms with Crippen molar-refractivity contribution in [1.29, 1.82) is 0 Å². The quantitative estimate of drug-likeness (QED) is 0.837. The Morgan fingerprint density at radius 1 is 1.35 bits per heavy atom. The van der Waals surface area contributed by atoms with E-state index in [4.69, 9.17) is 11.6 Å². The molecule has 0 spiro atoms. The van der Waals surface area contributed by atoms with Gasteiger partial charge in [0, 0.05) is 36.9 Å². The van der Waals surface area contributed by atoms with Crippen LogP contribution in [0.2, 0.25) is 5.28 Å². The van der Waals surface area contributed by atoms with Gasteiger partial charge in [-0.3, -0.25) is 4.90 Å². The summed E-state index contributed by atoms with van der Waals surface area (Å²) in [6.07, 6.45) is 3.95. The number of hydrogen-bond acceptors (Lipinski definition) is 4. The van der Waals surface area contributed by atoms with Gasteiger partial charge in [0.1, 0.15) is 5.82 Å². The lowest BCUT2D eigenvalue weighted by Crippen LogP contribution is -2.28. The van der Waals surface area contributed by atoms with Crippen LogP contribution in [0.15, 0.2) is 6.07 Å². The number of hydrogen-bond donors (Lipinski definition) is 1. The molecule has 0 aromatic carbocycles. The molecule has 4 nitrogen and oxygen atoms in total. The highest BCUT2D eigenvalue weighted by atomic mass is 35.5. The van der Waals surface area contributed by atoms with Crippen LogP contribution in [-0.4, -0.2) is 40.0 Å². The van der Waals surface area contributed by atoms with Gasteiger partial charge in [-0.05, 0) is 37.8 Å². The molecule has 0 radical (unpaired) electrons. The van der Waals surface area contributed by atoms with Crippen LogP contribution in [0.1, 0.15) is 25.0 Å². The van der Waals surface area contributed by atoms with Crippen molar-refractivity contribution in [2.45, 2.75) is 38.3 Å². The molecule has 5 heteroatoms. The standard InChI is InChI=1S/C12H17ClN4/c1-8-6-11(16-12(13)14-8)15-9-4-5-17(7-9)10-2-3-10/h6,9-10H,2-5,7H2,1H3,(H,14,15,16). The van der Waals surface area contributed by atoms with Crippen LogP contribution in [0.5, 0.6) is 0 Å². The van der Waals surface area contributed by atoms with Crippen LogP contribution in [0.4, 0.5) is 5.82 Å². The van der Waals surface area contributed by atoms with Gasteiger partial charge in [-0.25, -0.2) is 9.97 Å². The van der Waals surface area contributed by atoms with Gasteiger partial charge in [0.2, 0.25) is 5.28 Å². The predicted octanol–water partition coefficient (Wildman–Crippen LogP) is 2.09. The van der Waals surface area contributed by atoms with Gasteiger partial charge in [0.15, 0.2) is 0 Å². The first-order valence-corrected chi connectivity index (χ1v) is 6.60. The molecule has 2 aliphatic rings. The monoisotopic (exact) mass is 252 g/mol. The third-order valence-electron chi connectivity index (χ3n) is 3.46. The summed E-state index contributed by atoms with van der Waals surface area (Å²) in [7, 11) is 0. The molecule has 0 bridgehead atoms. The Bertz CT molecular complexity index is 399. The van der Waals surface area contributed by atoms with Crippen molar-refractivity contribution < 1.29 is 0 Å². The number of halogens is 1. The number of anilines is 1. The van der Waals surface area contributed by atoms with E-state index in [-0.39, 0.29) is 0 Å². The van der Waals surface area contributed by atoms with Crippen LogP contribution in [0.3, 0.4) is 0 Å². The van der Waals surface area contributed by atoms with Crippen molar-refractivity contribution in [2.75, 3.05) is 18.4 Å². The highest BCUT2D eigenvalue weighted by Gasteiger charge is 2.34. The highest BCUT2D eigenvalue weighted by molar-refractivity contribution is 6.28. The van der Waals surface area contributed by atoms with E-state index in [2.05, 4.69) is 20.2 Å². The van der Waals surface area contributed by atoms with E-state index in [0.717, 1.165) is 24.1 Å². The second kappa shape index (κ2) is 4.42. The molecule has 92 valence electrons. The number of nitrogens with zero attached hydrogens (tertiary/aromatic N) is 3. The van der Waals surface area contributed by atoms with E-state index in [1.165, 1.54) is 25.8 Å². The minimum Gasteiger partial charge on any atom is -0.366 e.